The van der Waals surface area contributed by atoms with Gasteiger partial charge in [0.05, 0.1) is 17.5 Å². The molecule has 7 nitrogen and oxygen atoms in total. The molecule has 2 aromatic carbocycles. The maximum atomic E-state index is 14.7. The first kappa shape index (κ1) is 26.2. The van der Waals surface area contributed by atoms with Crippen LogP contribution in [0.4, 0.5) is 8.78 Å². The lowest BCUT2D eigenvalue weighted by Crippen LogP contribution is -2.49. The zero-order valence-corrected chi connectivity index (χ0v) is 21.2. The summed E-state index contributed by atoms with van der Waals surface area (Å²) in [6, 6.07) is 4.25. The van der Waals surface area contributed by atoms with Crippen LogP contribution in [0.15, 0.2) is 35.2 Å². The Bertz CT molecular complexity index is 1310. The fourth-order valence-corrected chi connectivity index (χ4v) is 5.52. The van der Waals surface area contributed by atoms with Crippen LogP contribution in [0, 0.1) is 24.5 Å². The van der Waals surface area contributed by atoms with Crippen molar-refractivity contribution in [3.05, 3.63) is 64.2 Å². The van der Waals surface area contributed by atoms with Crippen LogP contribution < -0.4 is 5.32 Å². The summed E-state index contributed by atoms with van der Waals surface area (Å²) < 4.78 is 53.1. The van der Waals surface area contributed by atoms with E-state index >= 15 is 0 Å². The number of aliphatic hydroxyl groups excluding tert-OH is 1. The summed E-state index contributed by atoms with van der Waals surface area (Å²) in [5, 5.41) is 12.6. The fraction of sp³-hybridized carbons (Fsp3) is 0.462. The van der Waals surface area contributed by atoms with E-state index in [4.69, 9.17) is 0 Å². The molecule has 0 spiro atoms. The molecule has 2 amide bonds. The number of nitrogens with zero attached hydrogens (tertiary/aromatic N) is 1. The zero-order chi connectivity index (χ0) is 26.4. The molecule has 194 valence electrons. The van der Waals surface area contributed by atoms with Crippen molar-refractivity contribution in [1.29, 1.82) is 0 Å². The van der Waals surface area contributed by atoms with Crippen molar-refractivity contribution in [2.75, 3.05) is 6.26 Å². The number of amides is 2. The van der Waals surface area contributed by atoms with Crippen LogP contribution in [0.5, 0.6) is 0 Å². The van der Waals surface area contributed by atoms with Crippen molar-refractivity contribution in [1.82, 2.24) is 10.2 Å². The van der Waals surface area contributed by atoms with Crippen molar-refractivity contribution >= 4 is 21.7 Å². The van der Waals surface area contributed by atoms with Crippen LogP contribution in [0.25, 0.3) is 0 Å². The van der Waals surface area contributed by atoms with Gasteiger partial charge in [-0.25, -0.2) is 17.2 Å². The highest BCUT2D eigenvalue weighted by Crippen LogP contribution is 2.42. The van der Waals surface area contributed by atoms with E-state index in [-0.39, 0.29) is 39.1 Å². The lowest BCUT2D eigenvalue weighted by Gasteiger charge is -2.30. The fourth-order valence-electron chi connectivity index (χ4n) is 4.87. The maximum Gasteiger partial charge on any atom is 0.255 e. The van der Waals surface area contributed by atoms with E-state index in [0.29, 0.717) is 12.8 Å². The molecule has 1 heterocycles. The van der Waals surface area contributed by atoms with Crippen molar-refractivity contribution in [3.63, 3.8) is 0 Å². The molecule has 0 radical (unpaired) electrons. The highest BCUT2D eigenvalue weighted by Gasteiger charge is 2.42. The Hall–Kier alpha value is -2.85. The third-order valence-corrected chi connectivity index (χ3v) is 8.23. The second kappa shape index (κ2) is 9.89. The van der Waals surface area contributed by atoms with E-state index < -0.39 is 52.0 Å². The minimum absolute atomic E-state index is 0.0115. The third kappa shape index (κ3) is 5.15. The number of likely N-dealkylation sites (tertiary alicyclic amines) is 1. The van der Waals surface area contributed by atoms with Crippen LogP contribution in [0.2, 0.25) is 0 Å². The first-order chi connectivity index (χ1) is 16.9. The zero-order valence-electron chi connectivity index (χ0n) is 20.4. The van der Waals surface area contributed by atoms with Gasteiger partial charge < -0.3 is 15.3 Å². The number of aliphatic hydroxyl groups is 1. The molecule has 2 aliphatic rings. The summed E-state index contributed by atoms with van der Waals surface area (Å²) in [5.74, 6) is -2.22. The Morgan fingerprint density at radius 3 is 2.42 bits per heavy atom. The van der Waals surface area contributed by atoms with Gasteiger partial charge in [-0.05, 0) is 80.8 Å². The van der Waals surface area contributed by atoms with Gasteiger partial charge in [0.15, 0.2) is 9.84 Å². The topological polar surface area (TPSA) is 104 Å². The van der Waals surface area contributed by atoms with Crippen molar-refractivity contribution in [3.8, 4) is 0 Å². The number of rotatable bonds is 7. The van der Waals surface area contributed by atoms with E-state index in [1.165, 1.54) is 30.0 Å². The first-order valence-electron chi connectivity index (χ1n) is 11.9. The van der Waals surface area contributed by atoms with Gasteiger partial charge in [-0.3, -0.25) is 9.59 Å². The number of benzene rings is 2. The number of hydrogen-bond acceptors (Lipinski definition) is 5. The molecule has 1 saturated heterocycles. The second-order valence-corrected chi connectivity index (χ2v) is 11.9. The third-order valence-electron chi connectivity index (χ3n) is 7.12. The maximum absolute atomic E-state index is 14.7. The molecule has 2 N–H and O–H groups in total. The Kier molecular flexibility index (Phi) is 7.21. The predicted octanol–water partition coefficient (Wildman–Crippen LogP) is 3.43. The van der Waals surface area contributed by atoms with Gasteiger partial charge >= 0.3 is 0 Å². The van der Waals surface area contributed by atoms with Crippen molar-refractivity contribution in [2.24, 2.45) is 5.92 Å². The average molecular weight is 521 g/mol. The smallest absolute Gasteiger partial charge is 0.255 e. The predicted molar refractivity (Wildman–Crippen MR) is 129 cm³/mol. The second-order valence-electron chi connectivity index (χ2n) is 9.85. The van der Waals surface area contributed by atoms with E-state index in [2.05, 4.69) is 5.32 Å². The summed E-state index contributed by atoms with van der Waals surface area (Å²) in [7, 11) is -3.61. The van der Waals surface area contributed by atoms with Gasteiger partial charge in [-0.2, -0.15) is 0 Å². The van der Waals surface area contributed by atoms with Gasteiger partial charge in [0.25, 0.3) is 5.91 Å². The van der Waals surface area contributed by atoms with E-state index in [0.717, 1.165) is 31.2 Å². The quantitative estimate of drug-likeness (QED) is 0.582. The summed E-state index contributed by atoms with van der Waals surface area (Å²) in [6.07, 6.45) is 3.45. The Labute approximate surface area is 209 Å². The standard InChI is InChI=1S/C26H30F2N2O5S/c1-14-10-22(28)20(12-21(14)27)24(16-5-6-16)29-25(32)23-9-4-15(2)30(23)26(33)19-11-18(36(3,34)35)8-7-17(19)13-31/h7-8,10-12,15-16,23-24,31H,4-6,9,13H2,1-3H3,(H,29,32)/t15-,23-,24-/m1/s1. The lowest BCUT2D eigenvalue weighted by molar-refractivity contribution is -0.126. The summed E-state index contributed by atoms with van der Waals surface area (Å²) in [6.45, 7) is 2.78. The number of hydrogen-bond donors (Lipinski definition) is 2. The van der Waals surface area contributed by atoms with E-state index in [1.54, 1.807) is 6.92 Å². The minimum atomic E-state index is -3.61. The average Bonchev–Trinajstić information content (AvgIpc) is 3.59. The number of nitrogens with one attached hydrogen (secondary N) is 1. The summed E-state index contributed by atoms with van der Waals surface area (Å²) in [5.41, 5.74) is 0.520. The minimum Gasteiger partial charge on any atom is -0.392 e. The van der Waals surface area contributed by atoms with Gasteiger partial charge in [0.1, 0.15) is 17.7 Å². The molecule has 0 bridgehead atoms. The lowest BCUT2D eigenvalue weighted by atomic mass is 9.99. The van der Waals surface area contributed by atoms with Gasteiger partial charge in [-0.15, -0.1) is 0 Å². The molecular weight excluding hydrogens is 490 g/mol. The van der Waals surface area contributed by atoms with Gasteiger partial charge in [-0.1, -0.05) is 6.07 Å². The SMILES string of the molecule is Cc1cc(F)c([C@H](NC(=O)[C@H]2CC[C@@H](C)N2C(=O)c2cc(S(C)(=O)=O)ccc2CO)C2CC2)cc1F. The van der Waals surface area contributed by atoms with Gasteiger partial charge in [0.2, 0.25) is 5.91 Å². The summed E-state index contributed by atoms with van der Waals surface area (Å²) in [4.78, 5) is 28.4. The van der Waals surface area contributed by atoms with Crippen LogP contribution >= 0.6 is 0 Å². The number of aryl methyl sites for hydroxylation is 1. The van der Waals surface area contributed by atoms with E-state index in [9.17, 15) is 31.9 Å². The highest BCUT2D eigenvalue weighted by molar-refractivity contribution is 7.90. The molecule has 10 heteroatoms. The molecule has 36 heavy (non-hydrogen) atoms. The molecular formula is C26H30F2N2O5S. The monoisotopic (exact) mass is 520 g/mol. The molecule has 1 saturated carbocycles. The molecule has 0 unspecified atom stereocenters. The molecule has 1 aliphatic carbocycles. The molecule has 3 atom stereocenters. The largest absolute Gasteiger partial charge is 0.392 e. The number of carbonyl (C=O) groups is 2. The Balaban J connectivity index is 1.63. The molecule has 0 aromatic heterocycles. The van der Waals surface area contributed by atoms with Crippen molar-refractivity contribution < 1.29 is 31.9 Å². The van der Waals surface area contributed by atoms with Crippen LogP contribution in [0.1, 0.15) is 65.7 Å². The molecule has 2 fully saturated rings. The normalized spacial score (nSPS) is 20.9. The summed E-state index contributed by atoms with van der Waals surface area (Å²) >= 11 is 0. The molecule has 2 aromatic rings. The van der Waals surface area contributed by atoms with E-state index in [1.807, 2.05) is 0 Å². The number of sulfone groups is 1. The first-order valence-corrected chi connectivity index (χ1v) is 13.8. The molecule has 1 aliphatic heterocycles. The van der Waals surface area contributed by atoms with Gasteiger partial charge in [0, 0.05) is 23.4 Å². The van der Waals surface area contributed by atoms with Crippen molar-refractivity contribution in [2.45, 2.75) is 69.2 Å². The molecule has 4 rings (SSSR count). The number of halogens is 2. The Morgan fingerprint density at radius 2 is 1.81 bits per heavy atom. The number of carbonyl (C=O) groups excluding carboxylic acids is 2. The Morgan fingerprint density at radius 1 is 1.11 bits per heavy atom. The highest BCUT2D eigenvalue weighted by atomic mass is 32.2. The van der Waals surface area contributed by atoms with Crippen LogP contribution in [-0.2, 0) is 21.2 Å². The van der Waals surface area contributed by atoms with Crippen LogP contribution in [0.3, 0.4) is 0 Å². The van der Waals surface area contributed by atoms with Crippen LogP contribution in [-0.4, -0.2) is 48.6 Å².